The number of likely N-dealkylation sites (tertiary alicyclic amines) is 1. The Morgan fingerprint density at radius 3 is 2.72 bits per heavy atom. The van der Waals surface area contributed by atoms with Crippen LogP contribution in [-0.2, 0) is 16.4 Å². The SMILES string of the molecule is CS(=O)(=O)Nc1ccc(O)cc1OC[C@@H](O)CN1CCC2(CC1)Cc1cc(Cl)ccc1O2. The van der Waals surface area contributed by atoms with Gasteiger partial charge in [-0.05, 0) is 35.9 Å². The van der Waals surface area contributed by atoms with Crippen molar-refractivity contribution in [2.45, 2.75) is 31.0 Å². The van der Waals surface area contributed by atoms with E-state index >= 15 is 0 Å². The van der Waals surface area contributed by atoms with E-state index in [0.717, 1.165) is 49.9 Å². The molecule has 0 radical (unpaired) electrons. The van der Waals surface area contributed by atoms with Crippen LogP contribution in [0.4, 0.5) is 5.69 Å². The number of halogens is 1. The van der Waals surface area contributed by atoms with Gasteiger partial charge in [0.15, 0.2) is 0 Å². The molecule has 32 heavy (non-hydrogen) atoms. The number of sulfonamides is 1. The lowest BCUT2D eigenvalue weighted by atomic mass is 9.87. The van der Waals surface area contributed by atoms with Crippen LogP contribution in [0, 0.1) is 0 Å². The van der Waals surface area contributed by atoms with Crippen molar-refractivity contribution in [2.24, 2.45) is 0 Å². The lowest BCUT2D eigenvalue weighted by molar-refractivity contribution is -0.00192. The van der Waals surface area contributed by atoms with Crippen molar-refractivity contribution < 1.29 is 28.1 Å². The number of benzene rings is 2. The second-order valence-electron chi connectivity index (χ2n) is 8.53. The van der Waals surface area contributed by atoms with Crippen LogP contribution in [0.1, 0.15) is 18.4 Å². The Kier molecular flexibility index (Phi) is 6.44. The highest BCUT2D eigenvalue weighted by atomic mass is 35.5. The number of nitrogens with zero attached hydrogens (tertiary/aromatic N) is 1. The van der Waals surface area contributed by atoms with E-state index in [2.05, 4.69) is 9.62 Å². The van der Waals surface area contributed by atoms with Crippen molar-refractivity contribution >= 4 is 27.3 Å². The van der Waals surface area contributed by atoms with Crippen molar-refractivity contribution in [2.75, 3.05) is 37.2 Å². The molecule has 1 fully saturated rings. The summed E-state index contributed by atoms with van der Waals surface area (Å²) in [6.07, 6.45) is 2.79. The van der Waals surface area contributed by atoms with Gasteiger partial charge in [0.25, 0.3) is 0 Å². The van der Waals surface area contributed by atoms with E-state index in [-0.39, 0.29) is 29.4 Å². The summed E-state index contributed by atoms with van der Waals surface area (Å²) in [6, 6.07) is 9.81. The molecule has 0 aliphatic carbocycles. The lowest BCUT2D eigenvalue weighted by Gasteiger charge is -2.39. The first-order valence-corrected chi connectivity index (χ1v) is 12.7. The standard InChI is InChI=1S/C22H27ClN2O6S/c1-32(28,29)24-19-4-3-17(26)11-21(19)30-14-18(27)13-25-8-6-22(7-9-25)12-15-10-16(23)2-5-20(15)31-22/h2-5,10-11,18,24,26-27H,6-9,12-14H2,1H3/t18-/m0/s1. The first-order chi connectivity index (χ1) is 15.1. The third-order valence-corrected chi connectivity index (χ3v) is 6.62. The molecule has 0 unspecified atom stereocenters. The summed E-state index contributed by atoms with van der Waals surface area (Å²) in [5.74, 6) is 0.998. The van der Waals surface area contributed by atoms with E-state index in [1.165, 1.54) is 18.2 Å². The Balaban J connectivity index is 1.28. The summed E-state index contributed by atoms with van der Waals surface area (Å²) in [5.41, 5.74) is 1.14. The molecule has 1 saturated heterocycles. The van der Waals surface area contributed by atoms with Gasteiger partial charge < -0.3 is 24.6 Å². The number of rotatable bonds is 7. The average Bonchev–Trinajstić information content (AvgIpc) is 3.06. The smallest absolute Gasteiger partial charge is 0.229 e. The minimum Gasteiger partial charge on any atom is -0.508 e. The molecule has 174 valence electrons. The third-order valence-electron chi connectivity index (χ3n) is 5.79. The molecule has 1 spiro atoms. The summed E-state index contributed by atoms with van der Waals surface area (Å²) in [4.78, 5) is 2.16. The minimum atomic E-state index is -3.51. The van der Waals surface area contributed by atoms with Crippen LogP contribution >= 0.6 is 11.6 Å². The monoisotopic (exact) mass is 482 g/mol. The van der Waals surface area contributed by atoms with Gasteiger partial charge in [0, 0.05) is 50.0 Å². The highest BCUT2D eigenvalue weighted by molar-refractivity contribution is 7.92. The zero-order valence-corrected chi connectivity index (χ0v) is 19.3. The van der Waals surface area contributed by atoms with E-state index in [1.807, 2.05) is 18.2 Å². The van der Waals surface area contributed by atoms with Crippen LogP contribution in [0.25, 0.3) is 0 Å². The number of nitrogens with one attached hydrogen (secondary N) is 1. The molecular weight excluding hydrogens is 456 g/mol. The molecular formula is C22H27ClN2O6S. The Labute approximate surface area is 192 Å². The molecule has 2 aromatic carbocycles. The summed E-state index contributed by atoms with van der Waals surface area (Å²) < 4.78 is 37.3. The number of phenolic OH excluding ortho intramolecular Hbond substituents is 1. The number of ether oxygens (including phenoxy) is 2. The summed E-state index contributed by atoms with van der Waals surface area (Å²) >= 11 is 6.10. The van der Waals surface area contributed by atoms with Gasteiger partial charge >= 0.3 is 0 Å². The van der Waals surface area contributed by atoms with Gasteiger partial charge in [0.2, 0.25) is 10.0 Å². The highest BCUT2D eigenvalue weighted by Crippen LogP contribution is 2.42. The molecule has 2 aliphatic heterocycles. The molecule has 0 amide bonds. The van der Waals surface area contributed by atoms with Gasteiger partial charge in [-0.25, -0.2) is 8.42 Å². The number of β-amino-alcohol motifs (C(OH)–C–C–N with tert-alkyl or cyclic N) is 1. The van der Waals surface area contributed by atoms with E-state index in [0.29, 0.717) is 11.6 Å². The maximum atomic E-state index is 11.5. The number of hydrogen-bond donors (Lipinski definition) is 3. The summed E-state index contributed by atoms with van der Waals surface area (Å²) in [7, 11) is -3.51. The molecule has 2 aromatic rings. The summed E-state index contributed by atoms with van der Waals surface area (Å²) in [5, 5.41) is 20.9. The van der Waals surface area contributed by atoms with Crippen LogP contribution in [-0.4, -0.2) is 67.7 Å². The van der Waals surface area contributed by atoms with Gasteiger partial charge in [-0.1, -0.05) is 11.6 Å². The molecule has 0 aromatic heterocycles. The van der Waals surface area contributed by atoms with Crippen molar-refractivity contribution in [1.82, 2.24) is 4.90 Å². The maximum Gasteiger partial charge on any atom is 0.229 e. The van der Waals surface area contributed by atoms with Crippen LogP contribution < -0.4 is 14.2 Å². The number of piperidine rings is 1. The Morgan fingerprint density at radius 2 is 2.00 bits per heavy atom. The molecule has 8 nitrogen and oxygen atoms in total. The van der Waals surface area contributed by atoms with E-state index in [1.54, 1.807) is 0 Å². The third kappa shape index (κ3) is 5.58. The van der Waals surface area contributed by atoms with Crippen molar-refractivity contribution in [1.29, 1.82) is 0 Å². The topological polar surface area (TPSA) is 108 Å². The second-order valence-corrected chi connectivity index (χ2v) is 10.7. The molecule has 2 heterocycles. The number of anilines is 1. The van der Waals surface area contributed by atoms with Gasteiger partial charge in [0.1, 0.15) is 35.6 Å². The van der Waals surface area contributed by atoms with Gasteiger partial charge in [-0.15, -0.1) is 0 Å². The fourth-order valence-corrected chi connectivity index (χ4v) is 5.04. The van der Waals surface area contributed by atoms with E-state index in [9.17, 15) is 18.6 Å². The molecule has 0 bridgehead atoms. The largest absolute Gasteiger partial charge is 0.508 e. The Morgan fingerprint density at radius 1 is 1.25 bits per heavy atom. The van der Waals surface area contributed by atoms with Crippen LogP contribution in [0.2, 0.25) is 5.02 Å². The fourth-order valence-electron chi connectivity index (χ4n) is 4.28. The second kappa shape index (κ2) is 8.97. The van der Waals surface area contributed by atoms with Crippen molar-refractivity contribution in [3.05, 3.63) is 47.0 Å². The molecule has 4 rings (SSSR count). The summed E-state index contributed by atoms with van der Waals surface area (Å²) in [6.45, 7) is 1.95. The highest BCUT2D eigenvalue weighted by Gasteiger charge is 2.42. The number of phenols is 1. The predicted molar refractivity (Wildman–Crippen MR) is 122 cm³/mol. The van der Waals surface area contributed by atoms with Crippen LogP contribution in [0.3, 0.4) is 0 Å². The average molecular weight is 483 g/mol. The van der Waals surface area contributed by atoms with Crippen LogP contribution in [0.15, 0.2) is 36.4 Å². The normalized spacial score (nSPS) is 18.7. The number of hydrogen-bond acceptors (Lipinski definition) is 7. The lowest BCUT2D eigenvalue weighted by Crippen LogP contribution is -2.49. The molecule has 0 saturated carbocycles. The van der Waals surface area contributed by atoms with Gasteiger partial charge in [-0.3, -0.25) is 4.72 Å². The Hall–Kier alpha value is -2.20. The quantitative estimate of drug-likeness (QED) is 0.520. The van der Waals surface area contributed by atoms with Gasteiger partial charge in [-0.2, -0.15) is 0 Å². The minimum absolute atomic E-state index is 0.0377. The van der Waals surface area contributed by atoms with E-state index < -0.39 is 16.1 Å². The zero-order chi connectivity index (χ0) is 22.9. The van der Waals surface area contributed by atoms with Gasteiger partial charge in [0.05, 0.1) is 11.9 Å². The Bertz CT molecular complexity index is 1090. The van der Waals surface area contributed by atoms with E-state index in [4.69, 9.17) is 21.1 Å². The number of fused-ring (bicyclic) bond motifs is 1. The molecule has 3 N–H and O–H groups in total. The molecule has 10 heteroatoms. The van der Waals surface area contributed by atoms with Crippen molar-refractivity contribution in [3.8, 4) is 17.2 Å². The first-order valence-electron chi connectivity index (χ1n) is 10.4. The zero-order valence-electron chi connectivity index (χ0n) is 17.8. The number of aliphatic hydroxyl groups is 1. The number of aromatic hydroxyl groups is 1. The first kappa shape index (κ1) is 23.0. The number of aliphatic hydroxyl groups excluding tert-OH is 1. The predicted octanol–water partition coefficient (Wildman–Crippen LogP) is 2.63. The fraction of sp³-hybridized carbons (Fsp3) is 0.455. The van der Waals surface area contributed by atoms with Crippen LogP contribution in [0.5, 0.6) is 17.2 Å². The molecule has 2 aliphatic rings. The maximum absolute atomic E-state index is 11.5. The van der Waals surface area contributed by atoms with Crippen molar-refractivity contribution in [3.63, 3.8) is 0 Å². The molecule has 1 atom stereocenters.